The molecule has 0 fully saturated rings. The number of para-hydroxylation sites is 2. The van der Waals surface area contributed by atoms with Gasteiger partial charge in [0, 0.05) is 12.1 Å². The van der Waals surface area contributed by atoms with Crippen molar-refractivity contribution in [2.75, 3.05) is 14.2 Å². The van der Waals surface area contributed by atoms with Crippen molar-refractivity contribution >= 4 is 11.0 Å². The second kappa shape index (κ2) is 6.36. The Kier molecular flexibility index (Phi) is 3.89. The Morgan fingerprint density at radius 2 is 1.19 bits per heavy atom. The molecule has 0 aliphatic carbocycles. The van der Waals surface area contributed by atoms with E-state index < -0.39 is 0 Å². The van der Waals surface area contributed by atoms with Crippen LogP contribution in [0.1, 0.15) is 0 Å². The van der Waals surface area contributed by atoms with E-state index in [1.165, 1.54) is 0 Å². The lowest BCUT2D eigenvalue weighted by Gasteiger charge is -2.04. The molecule has 4 aromatic rings. The van der Waals surface area contributed by atoms with E-state index in [-0.39, 0.29) is 5.69 Å². The average molecular weight is 348 g/mol. The van der Waals surface area contributed by atoms with Gasteiger partial charge in [-0.1, -0.05) is 12.1 Å². The van der Waals surface area contributed by atoms with E-state index in [1.54, 1.807) is 60.0 Å². The van der Waals surface area contributed by atoms with E-state index in [4.69, 9.17) is 9.47 Å². The Balaban J connectivity index is 1.97. The third-order valence-electron chi connectivity index (χ3n) is 4.12. The van der Waals surface area contributed by atoms with E-state index >= 15 is 0 Å². The first-order valence-corrected chi connectivity index (χ1v) is 7.96. The number of pyridine rings is 2. The molecule has 4 rings (SSSR count). The SMILES string of the molecule is COc1ccc(-n2c(=O)n(-c3ccc(OC)nc3)c3ccccc32)cn1. The van der Waals surface area contributed by atoms with Crippen molar-refractivity contribution in [1.82, 2.24) is 19.1 Å². The molecular formula is C19H16N4O3. The second-order valence-electron chi connectivity index (χ2n) is 5.56. The first kappa shape index (κ1) is 15.9. The molecule has 0 amide bonds. The summed E-state index contributed by atoms with van der Waals surface area (Å²) in [4.78, 5) is 21.6. The molecule has 0 aliphatic heterocycles. The molecule has 0 N–H and O–H groups in total. The van der Waals surface area contributed by atoms with Gasteiger partial charge in [0.25, 0.3) is 0 Å². The van der Waals surface area contributed by atoms with Gasteiger partial charge in [0.1, 0.15) is 0 Å². The van der Waals surface area contributed by atoms with Crippen molar-refractivity contribution in [3.05, 3.63) is 71.4 Å². The van der Waals surface area contributed by atoms with E-state index in [9.17, 15) is 4.79 Å². The molecular weight excluding hydrogens is 332 g/mol. The molecule has 130 valence electrons. The van der Waals surface area contributed by atoms with Gasteiger partial charge in [0.2, 0.25) is 11.8 Å². The molecule has 3 aromatic heterocycles. The van der Waals surface area contributed by atoms with Crippen LogP contribution in [0.2, 0.25) is 0 Å². The molecule has 26 heavy (non-hydrogen) atoms. The molecule has 3 heterocycles. The molecule has 0 saturated heterocycles. The number of hydrogen-bond acceptors (Lipinski definition) is 5. The van der Waals surface area contributed by atoms with Crippen LogP contribution in [0.25, 0.3) is 22.4 Å². The predicted octanol–water partition coefficient (Wildman–Crippen LogP) is 2.59. The number of aromatic nitrogens is 4. The Hall–Kier alpha value is -3.61. The first-order valence-electron chi connectivity index (χ1n) is 7.96. The number of nitrogens with zero attached hydrogens (tertiary/aromatic N) is 4. The summed E-state index contributed by atoms with van der Waals surface area (Å²) in [5.74, 6) is 0.981. The van der Waals surface area contributed by atoms with Crippen molar-refractivity contribution in [1.29, 1.82) is 0 Å². The minimum Gasteiger partial charge on any atom is -0.481 e. The summed E-state index contributed by atoms with van der Waals surface area (Å²) >= 11 is 0. The van der Waals surface area contributed by atoms with Crippen molar-refractivity contribution in [3.63, 3.8) is 0 Å². The molecule has 0 spiro atoms. The van der Waals surface area contributed by atoms with Crippen molar-refractivity contribution < 1.29 is 9.47 Å². The zero-order valence-electron chi connectivity index (χ0n) is 14.3. The highest BCUT2D eigenvalue weighted by atomic mass is 16.5. The van der Waals surface area contributed by atoms with E-state index in [1.807, 2.05) is 24.3 Å². The van der Waals surface area contributed by atoms with Crippen LogP contribution in [0.5, 0.6) is 11.8 Å². The number of imidazole rings is 1. The topological polar surface area (TPSA) is 71.2 Å². The molecule has 0 bridgehead atoms. The Morgan fingerprint density at radius 1 is 0.731 bits per heavy atom. The first-order chi connectivity index (χ1) is 12.7. The fraction of sp³-hybridized carbons (Fsp3) is 0.105. The van der Waals surface area contributed by atoms with Crippen LogP contribution < -0.4 is 15.2 Å². The van der Waals surface area contributed by atoms with Gasteiger partial charge in [-0.2, -0.15) is 0 Å². The van der Waals surface area contributed by atoms with Crippen molar-refractivity contribution in [3.8, 4) is 23.1 Å². The number of methoxy groups -OCH3 is 2. The smallest absolute Gasteiger partial charge is 0.338 e. The highest BCUT2D eigenvalue weighted by Gasteiger charge is 2.16. The largest absolute Gasteiger partial charge is 0.481 e. The van der Waals surface area contributed by atoms with E-state index in [0.717, 1.165) is 11.0 Å². The van der Waals surface area contributed by atoms with E-state index in [2.05, 4.69) is 9.97 Å². The van der Waals surface area contributed by atoms with Crippen LogP contribution in [-0.2, 0) is 0 Å². The van der Waals surface area contributed by atoms with Gasteiger partial charge in [-0.15, -0.1) is 0 Å². The molecule has 0 unspecified atom stereocenters. The number of rotatable bonds is 4. The molecule has 0 radical (unpaired) electrons. The van der Waals surface area contributed by atoms with Gasteiger partial charge in [0.05, 0.1) is 49.0 Å². The molecule has 7 nitrogen and oxygen atoms in total. The maximum absolute atomic E-state index is 13.2. The lowest BCUT2D eigenvalue weighted by molar-refractivity contribution is 0.397. The summed E-state index contributed by atoms with van der Waals surface area (Å²) in [5.41, 5.74) is 2.67. The van der Waals surface area contributed by atoms with Crippen LogP contribution in [-0.4, -0.2) is 33.3 Å². The maximum Gasteiger partial charge on any atom is 0.338 e. The lowest BCUT2D eigenvalue weighted by Crippen LogP contribution is -2.22. The Bertz CT molecular complexity index is 1020. The summed E-state index contributed by atoms with van der Waals surface area (Å²) in [6.07, 6.45) is 3.23. The summed E-state index contributed by atoms with van der Waals surface area (Å²) < 4.78 is 13.4. The molecule has 0 atom stereocenters. The third kappa shape index (κ3) is 2.50. The maximum atomic E-state index is 13.2. The van der Waals surface area contributed by atoms with Gasteiger partial charge >= 0.3 is 5.69 Å². The summed E-state index contributed by atoms with van der Waals surface area (Å²) in [7, 11) is 3.10. The minimum absolute atomic E-state index is 0.204. The summed E-state index contributed by atoms with van der Waals surface area (Å²) in [5, 5.41) is 0. The summed E-state index contributed by atoms with van der Waals surface area (Å²) in [6, 6.07) is 14.6. The number of ether oxygens (including phenoxy) is 2. The normalized spacial score (nSPS) is 10.8. The molecule has 0 aliphatic rings. The third-order valence-corrected chi connectivity index (χ3v) is 4.12. The predicted molar refractivity (Wildman–Crippen MR) is 97.6 cm³/mol. The van der Waals surface area contributed by atoms with Crippen molar-refractivity contribution in [2.24, 2.45) is 0 Å². The Labute approximate surface area is 149 Å². The molecule has 1 aromatic carbocycles. The second-order valence-corrected chi connectivity index (χ2v) is 5.56. The number of fused-ring (bicyclic) bond motifs is 1. The average Bonchev–Trinajstić information content (AvgIpc) is 3.00. The number of benzene rings is 1. The fourth-order valence-corrected chi connectivity index (χ4v) is 2.90. The van der Waals surface area contributed by atoms with Gasteiger partial charge in [-0.05, 0) is 24.3 Å². The minimum atomic E-state index is -0.204. The molecule has 0 saturated carbocycles. The van der Waals surface area contributed by atoms with Crippen LogP contribution in [0.4, 0.5) is 0 Å². The highest BCUT2D eigenvalue weighted by molar-refractivity contribution is 5.80. The van der Waals surface area contributed by atoms with Gasteiger partial charge in [-0.3, -0.25) is 9.13 Å². The zero-order chi connectivity index (χ0) is 18.1. The highest BCUT2D eigenvalue weighted by Crippen LogP contribution is 2.21. The van der Waals surface area contributed by atoms with Crippen molar-refractivity contribution in [2.45, 2.75) is 0 Å². The lowest BCUT2D eigenvalue weighted by atomic mass is 10.3. The van der Waals surface area contributed by atoms with Gasteiger partial charge in [0.15, 0.2) is 0 Å². The van der Waals surface area contributed by atoms with Gasteiger partial charge < -0.3 is 9.47 Å². The van der Waals surface area contributed by atoms with Gasteiger partial charge in [-0.25, -0.2) is 14.8 Å². The van der Waals surface area contributed by atoms with E-state index in [0.29, 0.717) is 23.1 Å². The molecule has 7 heteroatoms. The number of hydrogen-bond donors (Lipinski definition) is 0. The monoisotopic (exact) mass is 348 g/mol. The van der Waals surface area contributed by atoms with Crippen LogP contribution in [0.3, 0.4) is 0 Å². The zero-order valence-corrected chi connectivity index (χ0v) is 14.3. The summed E-state index contributed by atoms with van der Waals surface area (Å²) in [6.45, 7) is 0. The van der Waals surface area contributed by atoms with Crippen LogP contribution in [0, 0.1) is 0 Å². The van der Waals surface area contributed by atoms with Crippen LogP contribution >= 0.6 is 0 Å². The van der Waals surface area contributed by atoms with Crippen LogP contribution in [0.15, 0.2) is 65.7 Å². The standard InChI is InChI=1S/C19H16N4O3/c1-25-17-9-7-13(11-20-17)22-15-5-3-4-6-16(15)23(19(22)24)14-8-10-18(26-2)21-12-14/h3-12H,1-2H3. The quantitative estimate of drug-likeness (QED) is 0.567. The Morgan fingerprint density at radius 3 is 1.54 bits per heavy atom. The fourth-order valence-electron chi connectivity index (χ4n) is 2.90.